The van der Waals surface area contributed by atoms with Gasteiger partial charge in [0.2, 0.25) is 0 Å². The summed E-state index contributed by atoms with van der Waals surface area (Å²) in [5.41, 5.74) is 1.28. The molecule has 0 radical (unpaired) electrons. The Kier molecular flexibility index (Phi) is 4.86. The molecule has 0 fully saturated rings. The summed E-state index contributed by atoms with van der Waals surface area (Å²) < 4.78 is 10.9. The summed E-state index contributed by atoms with van der Waals surface area (Å²) in [5, 5.41) is 5.19. The second kappa shape index (κ2) is 7.51. The van der Waals surface area contributed by atoms with Crippen LogP contribution < -0.4 is 10.6 Å². The van der Waals surface area contributed by atoms with Crippen molar-refractivity contribution in [3.05, 3.63) is 70.3 Å². The summed E-state index contributed by atoms with van der Waals surface area (Å²) >= 11 is 0. The molecule has 0 aliphatic carbocycles. The van der Waals surface area contributed by atoms with Gasteiger partial charge in [0.1, 0.15) is 17.6 Å². The van der Waals surface area contributed by atoms with E-state index in [0.29, 0.717) is 28.3 Å². The van der Waals surface area contributed by atoms with E-state index in [4.69, 9.17) is 9.15 Å². The van der Waals surface area contributed by atoms with Crippen LogP contribution in [0, 0.1) is 0 Å². The van der Waals surface area contributed by atoms with E-state index in [1.165, 1.54) is 0 Å². The van der Waals surface area contributed by atoms with Crippen molar-refractivity contribution >= 4 is 23.8 Å². The van der Waals surface area contributed by atoms with Crippen molar-refractivity contribution in [2.24, 2.45) is 0 Å². The molecule has 154 valence electrons. The summed E-state index contributed by atoms with van der Waals surface area (Å²) in [7, 11) is 0. The molecular weight excluding hydrogens is 390 g/mol. The van der Waals surface area contributed by atoms with Crippen LogP contribution in [0.25, 0.3) is 0 Å². The lowest BCUT2D eigenvalue weighted by atomic mass is 10.0. The summed E-state index contributed by atoms with van der Waals surface area (Å²) in [4.78, 5) is 50.5. The fourth-order valence-corrected chi connectivity index (χ4v) is 3.56. The number of benzene rings is 1. The first-order valence-electron chi connectivity index (χ1n) is 9.40. The normalized spacial score (nSPS) is 18.3. The van der Waals surface area contributed by atoms with Crippen molar-refractivity contribution in [2.75, 3.05) is 6.61 Å². The summed E-state index contributed by atoms with van der Waals surface area (Å²) in [5.74, 6) is -0.740. The largest absolute Gasteiger partial charge is 0.463 e. The van der Waals surface area contributed by atoms with Gasteiger partial charge in [0.15, 0.2) is 0 Å². The van der Waals surface area contributed by atoms with Gasteiger partial charge in [-0.25, -0.2) is 9.59 Å². The minimum absolute atomic E-state index is 0.0668. The van der Waals surface area contributed by atoms with Gasteiger partial charge in [-0.3, -0.25) is 14.5 Å². The van der Waals surface area contributed by atoms with Gasteiger partial charge in [0.25, 0.3) is 11.8 Å². The molecule has 2 N–H and O–H groups in total. The molecular formula is C21H19N3O6. The van der Waals surface area contributed by atoms with Gasteiger partial charge in [0, 0.05) is 5.70 Å². The van der Waals surface area contributed by atoms with E-state index in [9.17, 15) is 19.2 Å². The Hall–Kier alpha value is -3.88. The van der Waals surface area contributed by atoms with Crippen LogP contribution in [0.3, 0.4) is 0 Å². The van der Waals surface area contributed by atoms with E-state index >= 15 is 0 Å². The van der Waals surface area contributed by atoms with Crippen LogP contribution in [-0.2, 0) is 16.1 Å². The minimum Gasteiger partial charge on any atom is -0.463 e. The quantitative estimate of drug-likeness (QED) is 0.578. The smallest absolute Gasteiger partial charge is 0.338 e. The number of hydrogen-bond acceptors (Lipinski definition) is 6. The fraction of sp³-hybridized carbons (Fsp3) is 0.238. The number of amides is 4. The van der Waals surface area contributed by atoms with Gasteiger partial charge in [-0.1, -0.05) is 12.1 Å². The molecule has 0 bridgehead atoms. The van der Waals surface area contributed by atoms with Crippen molar-refractivity contribution in [2.45, 2.75) is 26.4 Å². The first-order valence-corrected chi connectivity index (χ1v) is 9.40. The topological polar surface area (TPSA) is 118 Å². The Morgan fingerprint density at radius 3 is 2.40 bits per heavy atom. The molecule has 0 saturated carbocycles. The van der Waals surface area contributed by atoms with Crippen molar-refractivity contribution in [1.29, 1.82) is 0 Å². The van der Waals surface area contributed by atoms with Gasteiger partial charge >= 0.3 is 12.0 Å². The van der Waals surface area contributed by atoms with Crippen molar-refractivity contribution < 1.29 is 28.3 Å². The zero-order chi connectivity index (χ0) is 21.4. The molecule has 2 aliphatic rings. The van der Waals surface area contributed by atoms with Crippen molar-refractivity contribution in [3.63, 3.8) is 0 Å². The lowest BCUT2D eigenvalue weighted by molar-refractivity contribution is -0.139. The number of fused-ring (bicyclic) bond motifs is 1. The third-order valence-corrected chi connectivity index (χ3v) is 4.92. The molecule has 0 saturated heterocycles. The average Bonchev–Trinajstić information content (AvgIpc) is 3.27. The Labute approximate surface area is 171 Å². The Morgan fingerprint density at radius 1 is 1.10 bits per heavy atom. The minimum atomic E-state index is -0.853. The first kappa shape index (κ1) is 19.4. The Balaban J connectivity index is 1.59. The molecule has 1 atom stereocenters. The number of imide groups is 1. The van der Waals surface area contributed by atoms with E-state index in [-0.39, 0.29) is 18.7 Å². The summed E-state index contributed by atoms with van der Waals surface area (Å²) in [6.45, 7) is 3.40. The molecule has 1 aromatic carbocycles. The molecule has 1 unspecified atom stereocenters. The lowest BCUT2D eigenvalue weighted by Crippen LogP contribution is -2.45. The molecule has 9 nitrogen and oxygen atoms in total. The van der Waals surface area contributed by atoms with E-state index in [1.807, 2.05) is 0 Å². The number of hydrogen-bond donors (Lipinski definition) is 2. The maximum absolute atomic E-state index is 12.5. The molecule has 3 heterocycles. The highest BCUT2D eigenvalue weighted by Gasteiger charge is 2.37. The van der Waals surface area contributed by atoms with E-state index in [2.05, 4.69) is 10.6 Å². The van der Waals surface area contributed by atoms with Crippen molar-refractivity contribution in [1.82, 2.24) is 15.5 Å². The number of rotatable bonds is 5. The molecule has 2 aliphatic heterocycles. The third-order valence-electron chi connectivity index (χ3n) is 4.92. The summed E-state index contributed by atoms with van der Waals surface area (Å²) in [6, 6.07) is 8.46. The number of nitrogens with one attached hydrogen (secondary N) is 2. The van der Waals surface area contributed by atoms with E-state index in [0.717, 1.165) is 4.90 Å². The van der Waals surface area contributed by atoms with E-state index in [1.54, 1.807) is 50.2 Å². The SMILES string of the molecule is CCOC(=O)C1=C(C)NC(=O)NC1c1ccc(CN2C(=O)c3ccccc3C2=O)o1. The van der Waals surface area contributed by atoms with Crippen LogP contribution in [-0.4, -0.2) is 35.3 Å². The van der Waals surface area contributed by atoms with Crippen LogP contribution in [0.2, 0.25) is 0 Å². The summed E-state index contributed by atoms with van der Waals surface area (Å²) in [6.07, 6.45) is 0. The maximum Gasteiger partial charge on any atom is 0.338 e. The zero-order valence-electron chi connectivity index (χ0n) is 16.4. The number of nitrogens with zero attached hydrogens (tertiary/aromatic N) is 1. The van der Waals surface area contributed by atoms with Gasteiger partial charge in [0.05, 0.1) is 29.9 Å². The van der Waals surface area contributed by atoms with Crippen LogP contribution in [0.4, 0.5) is 4.79 Å². The standard InChI is InChI=1S/C21H19N3O6/c1-3-29-20(27)16-11(2)22-21(28)23-17(16)15-9-8-12(30-15)10-24-18(25)13-6-4-5-7-14(13)19(24)26/h4-9,17H,3,10H2,1-2H3,(H2,22,23,28). The van der Waals surface area contributed by atoms with Gasteiger partial charge in [-0.15, -0.1) is 0 Å². The second-order valence-electron chi connectivity index (χ2n) is 6.84. The predicted octanol–water partition coefficient (Wildman–Crippen LogP) is 2.27. The maximum atomic E-state index is 12.5. The van der Waals surface area contributed by atoms with Crippen LogP contribution in [0.15, 0.2) is 52.1 Å². The molecule has 1 aromatic heterocycles. The number of esters is 1. The van der Waals surface area contributed by atoms with Gasteiger partial charge in [-0.2, -0.15) is 0 Å². The number of allylic oxidation sites excluding steroid dienone is 1. The van der Waals surface area contributed by atoms with E-state index < -0.39 is 29.9 Å². The predicted molar refractivity (Wildman–Crippen MR) is 103 cm³/mol. The number of carbonyl (C=O) groups is 4. The number of ether oxygens (including phenoxy) is 1. The third kappa shape index (κ3) is 3.24. The molecule has 2 aromatic rings. The van der Waals surface area contributed by atoms with Crippen LogP contribution in [0.5, 0.6) is 0 Å². The molecule has 0 spiro atoms. The highest BCUT2D eigenvalue weighted by atomic mass is 16.5. The first-order chi connectivity index (χ1) is 14.4. The Bertz CT molecular complexity index is 1060. The number of furan rings is 1. The number of carbonyl (C=O) groups excluding carboxylic acids is 4. The highest BCUT2D eigenvalue weighted by Crippen LogP contribution is 2.30. The average molecular weight is 409 g/mol. The van der Waals surface area contributed by atoms with Crippen LogP contribution in [0.1, 0.15) is 52.1 Å². The lowest BCUT2D eigenvalue weighted by Gasteiger charge is -2.26. The second-order valence-corrected chi connectivity index (χ2v) is 6.84. The molecule has 4 amide bonds. The van der Waals surface area contributed by atoms with Crippen LogP contribution >= 0.6 is 0 Å². The molecule has 30 heavy (non-hydrogen) atoms. The Morgan fingerprint density at radius 2 is 1.77 bits per heavy atom. The molecule has 4 rings (SSSR count). The molecule has 9 heteroatoms. The highest BCUT2D eigenvalue weighted by molar-refractivity contribution is 6.21. The fourth-order valence-electron chi connectivity index (χ4n) is 3.56. The monoisotopic (exact) mass is 409 g/mol. The van der Waals surface area contributed by atoms with Gasteiger partial charge in [-0.05, 0) is 38.1 Å². The van der Waals surface area contributed by atoms with Gasteiger partial charge < -0.3 is 19.8 Å². The number of urea groups is 1. The zero-order valence-corrected chi connectivity index (χ0v) is 16.4. The van der Waals surface area contributed by atoms with Crippen molar-refractivity contribution in [3.8, 4) is 0 Å².